The van der Waals surface area contributed by atoms with E-state index in [0.29, 0.717) is 19.3 Å². The summed E-state index contributed by atoms with van der Waals surface area (Å²) in [5.74, 6) is 0.868. The van der Waals surface area contributed by atoms with Crippen molar-refractivity contribution in [3.63, 3.8) is 0 Å². The van der Waals surface area contributed by atoms with E-state index in [2.05, 4.69) is 34.6 Å². The van der Waals surface area contributed by atoms with Gasteiger partial charge in [-0.05, 0) is 31.1 Å². The van der Waals surface area contributed by atoms with Crippen molar-refractivity contribution in [2.75, 3.05) is 13.2 Å². The van der Waals surface area contributed by atoms with Crippen LogP contribution < -0.4 is 0 Å². The van der Waals surface area contributed by atoms with Crippen LogP contribution in [0.4, 0.5) is 0 Å². The second-order valence-corrected chi connectivity index (χ2v) is 18.9. The minimum atomic E-state index is -0.761. The highest BCUT2D eigenvalue weighted by Gasteiger charge is 2.19. The van der Waals surface area contributed by atoms with Gasteiger partial charge >= 0.3 is 17.9 Å². The van der Waals surface area contributed by atoms with E-state index in [1.165, 1.54) is 180 Å². The zero-order chi connectivity index (χ0) is 43.3. The number of ether oxygens (including phenoxy) is 3. The average Bonchev–Trinajstić information content (AvgIpc) is 3.22. The highest BCUT2D eigenvalue weighted by molar-refractivity contribution is 5.71. The SMILES string of the molecule is CCCCCCCCCCCC(=O)OC[C@@H](COC(=O)CCCCCCCCCCCCC(C)CC)OC(=O)CCCCCCCCCCCCCCCCCC(C)C. The fourth-order valence-electron chi connectivity index (χ4n) is 7.96. The number of hydrogen-bond acceptors (Lipinski definition) is 6. The first-order chi connectivity index (χ1) is 28.8. The van der Waals surface area contributed by atoms with E-state index in [4.69, 9.17) is 14.2 Å². The lowest BCUT2D eigenvalue weighted by molar-refractivity contribution is -0.167. The van der Waals surface area contributed by atoms with Crippen LogP contribution >= 0.6 is 0 Å². The zero-order valence-electron chi connectivity index (χ0n) is 40.4. The van der Waals surface area contributed by atoms with Crippen LogP contribution in [0.25, 0.3) is 0 Å². The first-order valence-electron chi connectivity index (χ1n) is 26.3. The van der Waals surface area contributed by atoms with Gasteiger partial charge in [0.15, 0.2) is 6.10 Å². The van der Waals surface area contributed by atoms with Crippen molar-refractivity contribution in [1.82, 2.24) is 0 Å². The lowest BCUT2D eigenvalue weighted by atomic mass is 9.99. The molecule has 0 aromatic rings. The number of carbonyl (C=O) groups is 3. The van der Waals surface area contributed by atoms with Crippen molar-refractivity contribution in [2.24, 2.45) is 11.8 Å². The molecule has 59 heavy (non-hydrogen) atoms. The van der Waals surface area contributed by atoms with Crippen LogP contribution in [0, 0.1) is 11.8 Å². The molecule has 350 valence electrons. The first kappa shape index (κ1) is 57.4. The number of unbranched alkanes of at least 4 members (excludes halogenated alkanes) is 31. The Kier molecular flexibility index (Phi) is 44.7. The van der Waals surface area contributed by atoms with Gasteiger partial charge in [0.05, 0.1) is 0 Å². The summed E-state index contributed by atoms with van der Waals surface area (Å²) >= 11 is 0. The number of esters is 3. The van der Waals surface area contributed by atoms with Gasteiger partial charge in [0.25, 0.3) is 0 Å². The van der Waals surface area contributed by atoms with E-state index in [9.17, 15) is 14.4 Å². The Morgan fingerprint density at radius 1 is 0.356 bits per heavy atom. The van der Waals surface area contributed by atoms with Gasteiger partial charge < -0.3 is 14.2 Å². The molecule has 2 atom stereocenters. The Bertz CT molecular complexity index is 902. The molecule has 0 saturated carbocycles. The molecule has 0 saturated heterocycles. The lowest BCUT2D eigenvalue weighted by Gasteiger charge is -2.18. The standard InChI is InChI=1S/C53H102O6/c1-6-8-9-10-11-21-28-33-38-43-51(54)57-46-50(47-58-52(55)44-39-34-29-24-20-19-23-27-32-37-42-49(5)7-2)59-53(56)45-40-35-30-25-18-16-14-12-13-15-17-22-26-31-36-41-48(3)4/h48-50H,6-47H2,1-5H3/t49?,50-/m0/s1. The second kappa shape index (κ2) is 45.9. The number of carbonyl (C=O) groups excluding carboxylic acids is 3. The quantitative estimate of drug-likeness (QED) is 0.0345. The molecule has 0 bridgehead atoms. The van der Waals surface area contributed by atoms with Gasteiger partial charge in [-0.3, -0.25) is 14.4 Å². The Labute approximate surface area is 368 Å². The van der Waals surface area contributed by atoms with Gasteiger partial charge in [-0.15, -0.1) is 0 Å². The van der Waals surface area contributed by atoms with Gasteiger partial charge in [0.1, 0.15) is 13.2 Å². The minimum Gasteiger partial charge on any atom is -0.462 e. The maximum atomic E-state index is 12.8. The molecule has 1 unspecified atom stereocenters. The molecule has 0 aromatic carbocycles. The molecular weight excluding hydrogens is 733 g/mol. The van der Waals surface area contributed by atoms with Crippen LogP contribution in [0.3, 0.4) is 0 Å². The summed E-state index contributed by atoms with van der Waals surface area (Å²) in [7, 11) is 0. The summed E-state index contributed by atoms with van der Waals surface area (Å²) in [6.07, 6.45) is 46.6. The summed E-state index contributed by atoms with van der Waals surface area (Å²) in [5, 5.41) is 0. The fourth-order valence-corrected chi connectivity index (χ4v) is 7.96. The molecule has 0 spiro atoms. The van der Waals surface area contributed by atoms with Crippen LogP contribution in [0.15, 0.2) is 0 Å². The summed E-state index contributed by atoms with van der Waals surface area (Å²) < 4.78 is 16.8. The van der Waals surface area contributed by atoms with E-state index in [1.807, 2.05) is 0 Å². The molecule has 0 fully saturated rings. The van der Waals surface area contributed by atoms with Gasteiger partial charge in [-0.1, -0.05) is 253 Å². The largest absolute Gasteiger partial charge is 0.462 e. The lowest BCUT2D eigenvalue weighted by Crippen LogP contribution is -2.30. The topological polar surface area (TPSA) is 78.9 Å². The highest BCUT2D eigenvalue weighted by Crippen LogP contribution is 2.18. The van der Waals surface area contributed by atoms with Crippen molar-refractivity contribution in [1.29, 1.82) is 0 Å². The van der Waals surface area contributed by atoms with Gasteiger partial charge in [-0.25, -0.2) is 0 Å². The molecule has 0 rings (SSSR count). The Hall–Kier alpha value is -1.59. The molecule has 0 radical (unpaired) electrons. The van der Waals surface area contributed by atoms with Crippen LogP contribution in [-0.2, 0) is 28.6 Å². The minimum absolute atomic E-state index is 0.0638. The van der Waals surface area contributed by atoms with Crippen LogP contribution in [0.1, 0.15) is 291 Å². The van der Waals surface area contributed by atoms with E-state index in [-0.39, 0.29) is 31.1 Å². The van der Waals surface area contributed by atoms with Gasteiger partial charge in [0.2, 0.25) is 0 Å². The normalized spacial score (nSPS) is 12.5. The smallest absolute Gasteiger partial charge is 0.306 e. The third kappa shape index (κ3) is 45.8. The Morgan fingerprint density at radius 3 is 0.966 bits per heavy atom. The maximum Gasteiger partial charge on any atom is 0.306 e. The van der Waals surface area contributed by atoms with Crippen LogP contribution in [-0.4, -0.2) is 37.2 Å². The molecule has 0 aromatic heterocycles. The molecular formula is C53H102O6. The molecule has 0 aliphatic carbocycles. The Balaban J connectivity index is 4.26. The summed E-state index contributed by atoms with van der Waals surface area (Å²) in [5.41, 5.74) is 0. The van der Waals surface area contributed by atoms with Crippen molar-refractivity contribution >= 4 is 17.9 Å². The van der Waals surface area contributed by atoms with E-state index >= 15 is 0 Å². The van der Waals surface area contributed by atoms with E-state index < -0.39 is 6.10 Å². The zero-order valence-corrected chi connectivity index (χ0v) is 40.4. The maximum absolute atomic E-state index is 12.8. The highest BCUT2D eigenvalue weighted by atomic mass is 16.6. The Morgan fingerprint density at radius 2 is 0.644 bits per heavy atom. The van der Waals surface area contributed by atoms with E-state index in [1.54, 1.807) is 0 Å². The third-order valence-corrected chi connectivity index (χ3v) is 12.3. The predicted molar refractivity (Wildman–Crippen MR) is 252 cm³/mol. The van der Waals surface area contributed by atoms with Crippen LogP contribution in [0.5, 0.6) is 0 Å². The van der Waals surface area contributed by atoms with Crippen molar-refractivity contribution in [3.05, 3.63) is 0 Å². The number of rotatable bonds is 47. The van der Waals surface area contributed by atoms with Crippen molar-refractivity contribution in [2.45, 2.75) is 298 Å². The second-order valence-electron chi connectivity index (χ2n) is 18.9. The summed E-state index contributed by atoms with van der Waals surface area (Å²) in [4.78, 5) is 37.9. The van der Waals surface area contributed by atoms with Crippen molar-refractivity contribution < 1.29 is 28.6 Å². The molecule has 6 nitrogen and oxygen atoms in total. The molecule has 0 N–H and O–H groups in total. The predicted octanol–water partition coefficient (Wildman–Crippen LogP) is 16.9. The fraction of sp³-hybridized carbons (Fsp3) is 0.943. The van der Waals surface area contributed by atoms with Crippen molar-refractivity contribution in [3.8, 4) is 0 Å². The first-order valence-corrected chi connectivity index (χ1v) is 26.3. The summed E-state index contributed by atoms with van der Waals surface area (Å²) in [6.45, 7) is 11.4. The average molecular weight is 835 g/mol. The molecule has 0 amide bonds. The number of hydrogen-bond donors (Lipinski definition) is 0. The van der Waals surface area contributed by atoms with Crippen LogP contribution in [0.2, 0.25) is 0 Å². The molecule has 0 aliphatic rings. The van der Waals surface area contributed by atoms with E-state index in [0.717, 1.165) is 69.6 Å². The monoisotopic (exact) mass is 835 g/mol. The van der Waals surface area contributed by atoms with Gasteiger partial charge in [0, 0.05) is 19.3 Å². The summed E-state index contributed by atoms with van der Waals surface area (Å²) in [6, 6.07) is 0. The molecule has 6 heteroatoms. The third-order valence-electron chi connectivity index (χ3n) is 12.3. The molecule has 0 heterocycles. The molecule has 0 aliphatic heterocycles. The van der Waals surface area contributed by atoms with Gasteiger partial charge in [-0.2, -0.15) is 0 Å².